The molecule has 21 heavy (non-hydrogen) atoms. The smallest absolute Gasteiger partial charge is 0.259 e. The molecule has 0 atom stereocenters. The number of hydrogen-bond donors (Lipinski definition) is 2. The number of benzene rings is 1. The number of rotatable bonds is 5. The van der Waals surface area contributed by atoms with Crippen molar-refractivity contribution in [2.75, 3.05) is 17.2 Å². The van der Waals surface area contributed by atoms with Crippen LogP contribution in [0.4, 0.5) is 15.9 Å². The highest BCUT2D eigenvalue weighted by molar-refractivity contribution is 6.07. The van der Waals surface area contributed by atoms with Crippen molar-refractivity contribution >= 4 is 17.4 Å². The van der Waals surface area contributed by atoms with Gasteiger partial charge in [0.2, 0.25) is 0 Å². The van der Waals surface area contributed by atoms with Gasteiger partial charge in [0.15, 0.2) is 0 Å². The van der Waals surface area contributed by atoms with E-state index in [2.05, 4.69) is 15.6 Å². The second kappa shape index (κ2) is 6.83. The normalized spacial score (nSPS) is 10.2. The van der Waals surface area contributed by atoms with E-state index < -0.39 is 5.82 Å². The van der Waals surface area contributed by atoms with E-state index in [9.17, 15) is 9.18 Å². The van der Waals surface area contributed by atoms with Crippen molar-refractivity contribution in [3.8, 4) is 0 Å². The Morgan fingerprint density at radius 2 is 2.10 bits per heavy atom. The second-order valence-corrected chi connectivity index (χ2v) is 4.59. The van der Waals surface area contributed by atoms with Gasteiger partial charge < -0.3 is 10.6 Å². The molecule has 4 nitrogen and oxygen atoms in total. The van der Waals surface area contributed by atoms with E-state index in [1.54, 1.807) is 6.07 Å². The highest BCUT2D eigenvalue weighted by Gasteiger charge is 2.14. The molecule has 0 fully saturated rings. The summed E-state index contributed by atoms with van der Waals surface area (Å²) in [5, 5.41) is 5.73. The van der Waals surface area contributed by atoms with Crippen LogP contribution >= 0.6 is 0 Å². The third kappa shape index (κ3) is 3.78. The summed E-state index contributed by atoms with van der Waals surface area (Å²) in [6.07, 6.45) is 1.97. The molecule has 2 N–H and O–H groups in total. The molecule has 110 valence electrons. The fourth-order valence-electron chi connectivity index (χ4n) is 1.99. The maximum Gasteiger partial charge on any atom is 0.259 e. The third-order valence-electron chi connectivity index (χ3n) is 3.04. The van der Waals surface area contributed by atoms with Crippen molar-refractivity contribution in [1.82, 2.24) is 4.98 Å². The van der Waals surface area contributed by atoms with Crippen molar-refractivity contribution in [2.45, 2.75) is 20.3 Å². The van der Waals surface area contributed by atoms with Crippen LogP contribution < -0.4 is 10.6 Å². The van der Waals surface area contributed by atoms with E-state index >= 15 is 0 Å². The van der Waals surface area contributed by atoms with Gasteiger partial charge in [-0.25, -0.2) is 9.37 Å². The lowest BCUT2D eigenvalue weighted by atomic mass is 10.1. The van der Waals surface area contributed by atoms with Gasteiger partial charge in [0.25, 0.3) is 5.91 Å². The number of nitrogens with one attached hydrogen (secondary N) is 2. The third-order valence-corrected chi connectivity index (χ3v) is 3.04. The van der Waals surface area contributed by atoms with Crippen LogP contribution in [0.5, 0.6) is 0 Å². The van der Waals surface area contributed by atoms with Gasteiger partial charge >= 0.3 is 0 Å². The summed E-state index contributed by atoms with van der Waals surface area (Å²) < 4.78 is 13.3. The summed E-state index contributed by atoms with van der Waals surface area (Å²) in [5.74, 6) is -0.543. The molecule has 1 aromatic heterocycles. The maximum atomic E-state index is 13.3. The number of halogens is 1. The highest BCUT2D eigenvalue weighted by Crippen LogP contribution is 2.17. The minimum atomic E-state index is -0.538. The van der Waals surface area contributed by atoms with E-state index in [1.807, 2.05) is 32.0 Å². The fraction of sp³-hybridized carbons (Fsp3) is 0.250. The first-order valence-electron chi connectivity index (χ1n) is 6.93. The number of carbonyl (C=O) groups is 1. The number of pyridine rings is 1. The summed E-state index contributed by atoms with van der Waals surface area (Å²) in [6.45, 7) is 4.53. The molecule has 2 rings (SSSR count). The predicted octanol–water partition coefficient (Wildman–Crippen LogP) is 3.47. The minimum absolute atomic E-state index is 0.193. The molecule has 5 heteroatoms. The Labute approximate surface area is 123 Å². The van der Waals surface area contributed by atoms with Crippen molar-refractivity contribution in [1.29, 1.82) is 0 Å². The van der Waals surface area contributed by atoms with Crippen LogP contribution in [0.25, 0.3) is 0 Å². The fourth-order valence-corrected chi connectivity index (χ4v) is 1.99. The second-order valence-electron chi connectivity index (χ2n) is 4.59. The molecule has 0 aliphatic heterocycles. The van der Waals surface area contributed by atoms with Crippen LogP contribution in [-0.2, 0) is 6.42 Å². The van der Waals surface area contributed by atoms with E-state index in [0.717, 1.165) is 18.2 Å². The van der Waals surface area contributed by atoms with E-state index in [-0.39, 0.29) is 11.5 Å². The van der Waals surface area contributed by atoms with Crippen molar-refractivity contribution in [2.24, 2.45) is 0 Å². The van der Waals surface area contributed by atoms with Gasteiger partial charge in [0.05, 0.1) is 11.8 Å². The number of aryl methyl sites for hydroxylation is 1. The zero-order valence-corrected chi connectivity index (χ0v) is 12.1. The maximum absolute atomic E-state index is 13.3. The van der Waals surface area contributed by atoms with Gasteiger partial charge in [-0.15, -0.1) is 0 Å². The standard InChI is InChI=1S/C16H18FN3O/c1-3-11-6-5-7-13(8-11)20-16(21)14-9-12(17)10-19-15(14)18-4-2/h5-10H,3-4H2,1-2H3,(H,18,19)(H,20,21). The van der Waals surface area contributed by atoms with Crippen LogP contribution in [-0.4, -0.2) is 17.4 Å². The van der Waals surface area contributed by atoms with Crippen molar-refractivity contribution < 1.29 is 9.18 Å². The Kier molecular flexibility index (Phi) is 4.87. The van der Waals surface area contributed by atoms with Crippen LogP contribution in [0.1, 0.15) is 29.8 Å². The highest BCUT2D eigenvalue weighted by atomic mass is 19.1. The lowest BCUT2D eigenvalue weighted by Crippen LogP contribution is -2.16. The van der Waals surface area contributed by atoms with Gasteiger partial charge in [0, 0.05) is 12.2 Å². The summed E-state index contributed by atoms with van der Waals surface area (Å²) in [7, 11) is 0. The molecule has 1 heterocycles. The Morgan fingerprint density at radius 3 is 2.81 bits per heavy atom. The lowest BCUT2D eigenvalue weighted by molar-refractivity contribution is 0.102. The molecule has 0 spiro atoms. The molecule has 0 aliphatic rings. The zero-order valence-electron chi connectivity index (χ0n) is 12.1. The van der Waals surface area contributed by atoms with Crippen LogP contribution in [0, 0.1) is 5.82 Å². The van der Waals surface area contributed by atoms with Crippen molar-refractivity contribution in [3.05, 3.63) is 53.5 Å². The number of aromatic nitrogens is 1. The predicted molar refractivity (Wildman–Crippen MR) is 82.1 cm³/mol. The zero-order chi connectivity index (χ0) is 15.2. The molecular formula is C16H18FN3O. The Morgan fingerprint density at radius 1 is 1.29 bits per heavy atom. The van der Waals surface area contributed by atoms with Crippen molar-refractivity contribution in [3.63, 3.8) is 0 Å². The minimum Gasteiger partial charge on any atom is -0.370 e. The van der Waals surface area contributed by atoms with Crippen LogP contribution in [0.2, 0.25) is 0 Å². The average Bonchev–Trinajstić information content (AvgIpc) is 2.49. The first-order valence-corrected chi connectivity index (χ1v) is 6.93. The van der Waals surface area contributed by atoms with Gasteiger partial charge in [-0.3, -0.25) is 4.79 Å². The molecular weight excluding hydrogens is 269 g/mol. The van der Waals surface area contributed by atoms with Crippen LogP contribution in [0.3, 0.4) is 0 Å². The first kappa shape index (κ1) is 15.0. The number of anilines is 2. The number of hydrogen-bond acceptors (Lipinski definition) is 3. The Hall–Kier alpha value is -2.43. The Bertz CT molecular complexity index is 643. The Balaban J connectivity index is 2.25. The van der Waals surface area contributed by atoms with Gasteiger partial charge in [-0.1, -0.05) is 19.1 Å². The molecule has 0 radical (unpaired) electrons. The molecule has 1 amide bonds. The molecule has 2 aromatic rings. The van der Waals surface area contributed by atoms with E-state index in [1.165, 1.54) is 6.07 Å². The number of amides is 1. The molecule has 0 saturated heterocycles. The summed E-state index contributed by atoms with van der Waals surface area (Å²) in [5.41, 5.74) is 2.00. The molecule has 1 aromatic carbocycles. The number of carbonyl (C=O) groups excluding carboxylic acids is 1. The topological polar surface area (TPSA) is 54.0 Å². The average molecular weight is 287 g/mol. The summed E-state index contributed by atoms with van der Waals surface area (Å²) >= 11 is 0. The SMILES string of the molecule is CCNc1ncc(F)cc1C(=O)Nc1cccc(CC)c1. The molecule has 0 unspecified atom stereocenters. The van der Waals surface area contributed by atoms with E-state index in [0.29, 0.717) is 18.1 Å². The van der Waals surface area contributed by atoms with Gasteiger partial charge in [0.1, 0.15) is 11.6 Å². The lowest BCUT2D eigenvalue weighted by Gasteiger charge is -2.11. The molecule has 0 saturated carbocycles. The van der Waals surface area contributed by atoms with Gasteiger partial charge in [-0.2, -0.15) is 0 Å². The van der Waals surface area contributed by atoms with E-state index in [4.69, 9.17) is 0 Å². The largest absolute Gasteiger partial charge is 0.370 e. The summed E-state index contributed by atoms with van der Waals surface area (Å²) in [6, 6.07) is 8.76. The molecule has 0 bridgehead atoms. The monoisotopic (exact) mass is 287 g/mol. The first-order chi connectivity index (χ1) is 10.1. The quantitative estimate of drug-likeness (QED) is 0.885. The van der Waals surface area contributed by atoms with Gasteiger partial charge in [-0.05, 0) is 37.1 Å². The van der Waals surface area contributed by atoms with Crippen LogP contribution in [0.15, 0.2) is 36.5 Å². The molecule has 0 aliphatic carbocycles. The number of nitrogens with zero attached hydrogens (tertiary/aromatic N) is 1. The summed E-state index contributed by atoms with van der Waals surface area (Å²) in [4.78, 5) is 16.2.